The molecule has 0 bridgehead atoms. The highest BCUT2D eigenvalue weighted by molar-refractivity contribution is 6.07. The Labute approximate surface area is 187 Å². The Hall–Kier alpha value is -3.71. The maximum Gasteiger partial charge on any atom is 0.260 e. The Kier molecular flexibility index (Phi) is 6.18. The summed E-state index contributed by atoms with van der Waals surface area (Å²) in [4.78, 5) is 30.2. The van der Waals surface area contributed by atoms with E-state index >= 15 is 0 Å². The van der Waals surface area contributed by atoms with Gasteiger partial charge in [0.15, 0.2) is 0 Å². The third-order valence-electron chi connectivity index (χ3n) is 5.60. The monoisotopic (exact) mass is 433 g/mol. The molecule has 0 saturated heterocycles. The molecule has 2 heterocycles. The second-order valence-corrected chi connectivity index (χ2v) is 7.57. The lowest BCUT2D eigenvalue weighted by Crippen LogP contribution is -2.27. The Bertz CT molecular complexity index is 1350. The van der Waals surface area contributed by atoms with Gasteiger partial charge in [0.2, 0.25) is 0 Å². The summed E-state index contributed by atoms with van der Waals surface area (Å²) in [6.07, 6.45) is 3.24. The zero-order chi connectivity index (χ0) is 22.7. The van der Waals surface area contributed by atoms with Crippen molar-refractivity contribution >= 4 is 27.6 Å². The number of carbonyl (C=O) groups is 1. The van der Waals surface area contributed by atoms with Crippen molar-refractivity contribution in [1.29, 1.82) is 0 Å². The number of fused-ring (bicyclic) bond motifs is 3. The van der Waals surface area contributed by atoms with Gasteiger partial charge in [-0.2, -0.15) is 0 Å². The molecule has 0 radical (unpaired) electrons. The lowest BCUT2D eigenvalue weighted by molar-refractivity contribution is 0.0940. The number of benzene rings is 2. The second kappa shape index (κ2) is 9.20. The number of aromatic nitrogens is 2. The average molecular weight is 434 g/mol. The van der Waals surface area contributed by atoms with Gasteiger partial charge in [0.25, 0.3) is 11.5 Å². The van der Waals surface area contributed by atoms with Crippen LogP contribution in [0.5, 0.6) is 5.75 Å². The summed E-state index contributed by atoms with van der Waals surface area (Å²) in [5, 5.41) is 5.26. The number of methoxy groups -OCH3 is 2. The van der Waals surface area contributed by atoms with Crippen molar-refractivity contribution in [2.24, 2.45) is 0 Å². The van der Waals surface area contributed by atoms with Gasteiger partial charge in [-0.25, -0.2) is 0 Å². The second-order valence-electron chi connectivity index (χ2n) is 7.57. The van der Waals surface area contributed by atoms with Gasteiger partial charge >= 0.3 is 0 Å². The standard InChI is InChI=1S/C25H25N3O4.H2/c1-16(17-5-4-6-19(13-17)32-3)27-24(29)18-7-8-21-20-9-10-26-15-22(20)25(30)28(11-12-31-2)23(21)14-18;/h4-10,13-16H,11-12H2,1-3H3,(H,27,29);1H/t16-;/m1./s1. The van der Waals surface area contributed by atoms with Gasteiger partial charge in [-0.3, -0.25) is 14.6 Å². The molecule has 32 heavy (non-hydrogen) atoms. The highest BCUT2D eigenvalue weighted by Crippen LogP contribution is 2.24. The van der Waals surface area contributed by atoms with Gasteiger partial charge in [-0.05, 0) is 48.2 Å². The molecular formula is C25H27N3O4. The van der Waals surface area contributed by atoms with Gasteiger partial charge in [0.1, 0.15) is 5.75 Å². The van der Waals surface area contributed by atoms with Gasteiger partial charge in [-0.1, -0.05) is 18.2 Å². The molecule has 0 aliphatic heterocycles. The Morgan fingerprint density at radius 1 is 1.12 bits per heavy atom. The number of nitrogens with one attached hydrogen (secondary N) is 1. The van der Waals surface area contributed by atoms with Crippen molar-refractivity contribution in [3.63, 3.8) is 0 Å². The first-order valence-corrected chi connectivity index (χ1v) is 10.4. The van der Waals surface area contributed by atoms with Crippen LogP contribution in [-0.4, -0.2) is 36.3 Å². The molecule has 0 spiro atoms. The molecular weight excluding hydrogens is 406 g/mol. The maximum absolute atomic E-state index is 13.1. The highest BCUT2D eigenvalue weighted by atomic mass is 16.5. The zero-order valence-corrected chi connectivity index (χ0v) is 18.3. The third-order valence-corrected chi connectivity index (χ3v) is 5.60. The third kappa shape index (κ3) is 4.07. The summed E-state index contributed by atoms with van der Waals surface area (Å²) in [6.45, 7) is 2.68. The molecule has 4 rings (SSSR count). The van der Waals surface area contributed by atoms with Crippen LogP contribution in [-0.2, 0) is 11.3 Å². The summed E-state index contributed by atoms with van der Waals surface area (Å²) in [6, 6.07) is 14.6. The van der Waals surface area contributed by atoms with E-state index in [1.54, 1.807) is 43.3 Å². The summed E-state index contributed by atoms with van der Waals surface area (Å²) in [5.74, 6) is 0.514. The van der Waals surface area contributed by atoms with Crippen LogP contribution in [0.2, 0.25) is 0 Å². The fourth-order valence-corrected chi connectivity index (χ4v) is 3.86. The molecule has 4 aromatic rings. The van der Waals surface area contributed by atoms with Crippen molar-refractivity contribution in [3.05, 3.63) is 82.4 Å². The van der Waals surface area contributed by atoms with E-state index in [0.717, 1.165) is 22.1 Å². The minimum atomic E-state index is -0.220. The molecule has 2 aromatic heterocycles. The van der Waals surface area contributed by atoms with Gasteiger partial charge < -0.3 is 19.4 Å². The molecule has 0 aliphatic rings. The molecule has 7 heteroatoms. The van der Waals surface area contributed by atoms with Gasteiger partial charge in [0, 0.05) is 38.4 Å². The molecule has 0 unspecified atom stereocenters. The molecule has 166 valence electrons. The van der Waals surface area contributed by atoms with E-state index in [1.807, 2.05) is 43.3 Å². The van der Waals surface area contributed by atoms with Gasteiger partial charge in [0.05, 0.1) is 30.7 Å². The molecule has 1 N–H and O–H groups in total. The normalized spacial score (nSPS) is 12.1. The summed E-state index contributed by atoms with van der Waals surface area (Å²) < 4.78 is 12.1. The minimum Gasteiger partial charge on any atom is -0.497 e. The minimum absolute atomic E-state index is 0. The molecule has 0 saturated carbocycles. The molecule has 1 atom stereocenters. The van der Waals surface area contributed by atoms with E-state index in [1.165, 1.54) is 0 Å². The topological polar surface area (TPSA) is 82.5 Å². The van der Waals surface area contributed by atoms with Crippen molar-refractivity contribution in [1.82, 2.24) is 14.9 Å². The van der Waals surface area contributed by atoms with Crippen molar-refractivity contribution in [3.8, 4) is 5.75 Å². The van der Waals surface area contributed by atoms with Crippen LogP contribution in [0.4, 0.5) is 0 Å². The van der Waals surface area contributed by atoms with E-state index in [0.29, 0.717) is 29.6 Å². The van der Waals surface area contributed by atoms with Crippen LogP contribution in [0.25, 0.3) is 21.7 Å². The van der Waals surface area contributed by atoms with E-state index in [4.69, 9.17) is 9.47 Å². The van der Waals surface area contributed by atoms with E-state index in [9.17, 15) is 9.59 Å². The van der Waals surface area contributed by atoms with Crippen LogP contribution in [0.1, 0.15) is 30.3 Å². The fraction of sp³-hybridized carbons (Fsp3) is 0.240. The number of hydrogen-bond acceptors (Lipinski definition) is 5. The quantitative estimate of drug-likeness (QED) is 0.447. The maximum atomic E-state index is 13.1. The largest absolute Gasteiger partial charge is 0.497 e. The Morgan fingerprint density at radius 3 is 2.75 bits per heavy atom. The summed E-state index contributed by atoms with van der Waals surface area (Å²) in [5.41, 5.74) is 1.95. The fourth-order valence-electron chi connectivity index (χ4n) is 3.86. The first-order valence-electron chi connectivity index (χ1n) is 10.4. The lowest BCUT2D eigenvalue weighted by atomic mass is 10.0. The predicted octanol–water partition coefficient (Wildman–Crippen LogP) is 3.94. The number of ether oxygens (including phenoxy) is 2. The number of nitrogens with zero attached hydrogens (tertiary/aromatic N) is 2. The SMILES string of the molecule is COCCn1c(=O)c2cnccc2c2ccc(C(=O)N[C@H](C)c3cccc(OC)c3)cc21.[HH]. The number of pyridine rings is 2. The highest BCUT2D eigenvalue weighted by Gasteiger charge is 2.16. The van der Waals surface area contributed by atoms with Crippen LogP contribution in [0, 0.1) is 0 Å². The first kappa shape index (κ1) is 21.5. The van der Waals surface area contributed by atoms with Crippen LogP contribution in [0.3, 0.4) is 0 Å². The summed E-state index contributed by atoms with van der Waals surface area (Å²) in [7, 11) is 3.20. The summed E-state index contributed by atoms with van der Waals surface area (Å²) >= 11 is 0. The van der Waals surface area contributed by atoms with Crippen LogP contribution in [0.15, 0.2) is 65.7 Å². The number of amides is 1. The predicted molar refractivity (Wildman–Crippen MR) is 126 cm³/mol. The van der Waals surface area contributed by atoms with Crippen molar-refractivity contribution in [2.75, 3.05) is 20.8 Å². The number of hydrogen-bond donors (Lipinski definition) is 1. The number of carbonyl (C=O) groups excluding carboxylic acids is 1. The lowest BCUT2D eigenvalue weighted by Gasteiger charge is -2.17. The number of rotatable bonds is 7. The molecule has 0 aliphatic carbocycles. The Balaban J connectivity index is 0.00000306. The smallest absolute Gasteiger partial charge is 0.260 e. The van der Waals surface area contributed by atoms with E-state index < -0.39 is 0 Å². The molecule has 7 nitrogen and oxygen atoms in total. The van der Waals surface area contributed by atoms with Gasteiger partial charge in [-0.15, -0.1) is 0 Å². The zero-order valence-electron chi connectivity index (χ0n) is 18.3. The van der Waals surface area contributed by atoms with Crippen LogP contribution >= 0.6 is 0 Å². The van der Waals surface area contributed by atoms with Crippen LogP contribution < -0.4 is 15.6 Å². The Morgan fingerprint density at radius 2 is 1.97 bits per heavy atom. The van der Waals surface area contributed by atoms with Crippen molar-refractivity contribution in [2.45, 2.75) is 19.5 Å². The molecule has 2 aromatic carbocycles. The average Bonchev–Trinajstić information content (AvgIpc) is 2.83. The first-order chi connectivity index (χ1) is 15.5. The van der Waals surface area contributed by atoms with E-state index in [2.05, 4.69) is 10.3 Å². The molecule has 0 fully saturated rings. The van der Waals surface area contributed by atoms with E-state index in [-0.39, 0.29) is 18.9 Å². The molecule has 1 amide bonds. The van der Waals surface area contributed by atoms with Crippen molar-refractivity contribution < 1.29 is 15.7 Å².